The summed E-state index contributed by atoms with van der Waals surface area (Å²) in [6.45, 7) is 7.93. The number of hydrogen-bond donors (Lipinski definition) is 1. The molecule has 0 fully saturated rings. The summed E-state index contributed by atoms with van der Waals surface area (Å²) < 4.78 is 16.0. The molecule has 3 rings (SSSR count). The Morgan fingerprint density at radius 3 is 2.65 bits per heavy atom. The maximum atomic E-state index is 14.3. The van der Waals surface area contributed by atoms with Crippen LogP contribution in [-0.4, -0.2) is 15.7 Å². The van der Waals surface area contributed by atoms with Gasteiger partial charge in [0.1, 0.15) is 5.82 Å². The summed E-state index contributed by atoms with van der Waals surface area (Å²) in [6.07, 6.45) is 1.74. The number of aryl methyl sites for hydroxylation is 2. The van der Waals surface area contributed by atoms with Crippen molar-refractivity contribution in [2.24, 2.45) is 7.05 Å². The molecule has 1 aromatic heterocycles. The van der Waals surface area contributed by atoms with E-state index in [4.69, 9.17) is 0 Å². The number of hydrogen-bond acceptors (Lipinski definition) is 2. The highest BCUT2D eigenvalue weighted by atomic mass is 19.1. The molecule has 0 unspecified atom stereocenters. The van der Waals surface area contributed by atoms with E-state index < -0.39 is 0 Å². The third kappa shape index (κ3) is 2.44. The molecule has 1 heterocycles. The fraction of sp³-hybridized carbons (Fsp3) is 0.444. The van der Waals surface area contributed by atoms with Gasteiger partial charge in [0, 0.05) is 12.7 Å². The first-order valence-electron chi connectivity index (χ1n) is 7.86. The average molecular weight is 315 g/mol. The zero-order valence-electron chi connectivity index (χ0n) is 14.2. The molecule has 122 valence electrons. The SMILES string of the molecule is Cc1nn(C)c(C)c1C(=O)Nc1c(F)ccc2c1CCC2(C)C. The van der Waals surface area contributed by atoms with Crippen molar-refractivity contribution in [3.8, 4) is 0 Å². The first kappa shape index (κ1) is 15.7. The summed E-state index contributed by atoms with van der Waals surface area (Å²) in [5, 5.41) is 7.05. The second-order valence-electron chi connectivity index (χ2n) is 6.96. The topological polar surface area (TPSA) is 46.9 Å². The standard InChI is InChI=1S/C18H22FN3O/c1-10-15(11(2)22(5)21-10)17(23)20-16-12-8-9-18(3,4)13(12)6-7-14(16)19/h6-7H,8-9H2,1-5H3,(H,20,23). The minimum atomic E-state index is -0.381. The normalized spacial score (nSPS) is 15.6. The van der Waals surface area contributed by atoms with Gasteiger partial charge in [-0.05, 0) is 49.3 Å². The summed E-state index contributed by atoms with van der Waals surface area (Å²) in [7, 11) is 1.79. The molecule has 1 N–H and O–H groups in total. The number of amides is 1. The zero-order valence-corrected chi connectivity index (χ0v) is 14.2. The first-order valence-corrected chi connectivity index (χ1v) is 7.86. The Hall–Kier alpha value is -2.17. The molecular formula is C18H22FN3O. The molecule has 0 radical (unpaired) electrons. The second-order valence-corrected chi connectivity index (χ2v) is 6.96. The van der Waals surface area contributed by atoms with E-state index in [0.717, 1.165) is 29.7 Å². The smallest absolute Gasteiger partial charge is 0.259 e. The van der Waals surface area contributed by atoms with Gasteiger partial charge in [0.2, 0.25) is 0 Å². The van der Waals surface area contributed by atoms with Gasteiger partial charge in [0.05, 0.1) is 16.9 Å². The van der Waals surface area contributed by atoms with Gasteiger partial charge in [-0.3, -0.25) is 9.48 Å². The lowest BCUT2D eigenvalue weighted by Gasteiger charge is -2.20. The molecule has 0 saturated heterocycles. The Morgan fingerprint density at radius 2 is 2.04 bits per heavy atom. The molecular weight excluding hydrogens is 293 g/mol. The molecule has 5 heteroatoms. The summed E-state index contributed by atoms with van der Waals surface area (Å²) in [4.78, 5) is 12.7. The lowest BCUT2D eigenvalue weighted by Crippen LogP contribution is -2.17. The van der Waals surface area contributed by atoms with Crippen molar-refractivity contribution in [2.45, 2.75) is 46.0 Å². The highest BCUT2D eigenvalue weighted by Crippen LogP contribution is 2.42. The van der Waals surface area contributed by atoms with Gasteiger partial charge >= 0.3 is 0 Å². The number of halogens is 1. The van der Waals surface area contributed by atoms with Crippen molar-refractivity contribution in [1.29, 1.82) is 0 Å². The Kier molecular flexibility index (Phi) is 3.54. The van der Waals surface area contributed by atoms with Crippen LogP contribution in [0.15, 0.2) is 12.1 Å². The number of fused-ring (bicyclic) bond motifs is 1. The van der Waals surface area contributed by atoms with Crippen LogP contribution in [0.1, 0.15) is 53.1 Å². The first-order chi connectivity index (χ1) is 10.7. The van der Waals surface area contributed by atoms with Gasteiger partial charge in [0.25, 0.3) is 5.91 Å². The van der Waals surface area contributed by atoms with E-state index in [1.165, 1.54) is 6.07 Å². The largest absolute Gasteiger partial charge is 0.319 e. The Balaban J connectivity index is 2.01. The highest BCUT2D eigenvalue weighted by molar-refractivity contribution is 6.06. The molecule has 0 spiro atoms. The maximum Gasteiger partial charge on any atom is 0.259 e. The Morgan fingerprint density at radius 1 is 1.35 bits per heavy atom. The maximum absolute atomic E-state index is 14.3. The molecule has 1 aromatic carbocycles. The van der Waals surface area contributed by atoms with Crippen LogP contribution in [0, 0.1) is 19.7 Å². The summed E-state index contributed by atoms with van der Waals surface area (Å²) in [6, 6.07) is 3.29. The van der Waals surface area contributed by atoms with Crippen LogP contribution in [0.5, 0.6) is 0 Å². The quantitative estimate of drug-likeness (QED) is 0.919. The van der Waals surface area contributed by atoms with Crippen LogP contribution in [-0.2, 0) is 18.9 Å². The van der Waals surface area contributed by atoms with Crippen LogP contribution < -0.4 is 5.32 Å². The van der Waals surface area contributed by atoms with Crippen molar-refractivity contribution in [2.75, 3.05) is 5.32 Å². The molecule has 1 amide bonds. The number of rotatable bonds is 2. The fourth-order valence-corrected chi connectivity index (χ4v) is 3.50. The van der Waals surface area contributed by atoms with E-state index in [1.807, 2.05) is 13.0 Å². The minimum absolute atomic E-state index is 0.0165. The average Bonchev–Trinajstić information content (AvgIpc) is 2.90. The molecule has 4 nitrogen and oxygen atoms in total. The van der Waals surface area contributed by atoms with Gasteiger partial charge in [-0.1, -0.05) is 19.9 Å². The number of carbonyl (C=O) groups excluding carboxylic acids is 1. The van der Waals surface area contributed by atoms with Gasteiger partial charge in [-0.2, -0.15) is 5.10 Å². The third-order valence-electron chi connectivity index (χ3n) is 4.97. The number of nitrogens with zero attached hydrogens (tertiary/aromatic N) is 2. The van der Waals surface area contributed by atoms with Crippen LogP contribution in [0.25, 0.3) is 0 Å². The summed E-state index contributed by atoms with van der Waals surface area (Å²) >= 11 is 0. The molecule has 2 aromatic rings. The Bertz CT molecular complexity index is 805. The van der Waals surface area contributed by atoms with E-state index in [9.17, 15) is 9.18 Å². The highest BCUT2D eigenvalue weighted by Gasteiger charge is 2.33. The second kappa shape index (κ2) is 5.18. The number of benzene rings is 1. The summed E-state index contributed by atoms with van der Waals surface area (Å²) in [5.74, 6) is -0.681. The fourth-order valence-electron chi connectivity index (χ4n) is 3.50. The number of anilines is 1. The number of nitrogens with one attached hydrogen (secondary N) is 1. The zero-order chi connectivity index (χ0) is 16.9. The van der Waals surface area contributed by atoms with Crippen LogP contribution in [0.2, 0.25) is 0 Å². The van der Waals surface area contributed by atoms with Crippen molar-refractivity contribution in [3.05, 3.63) is 46.0 Å². The van der Waals surface area contributed by atoms with Crippen LogP contribution in [0.4, 0.5) is 10.1 Å². The Labute approximate surface area is 135 Å². The molecule has 0 saturated carbocycles. The van der Waals surface area contributed by atoms with Crippen molar-refractivity contribution < 1.29 is 9.18 Å². The van der Waals surface area contributed by atoms with Gasteiger partial charge < -0.3 is 5.32 Å². The van der Waals surface area contributed by atoms with E-state index in [0.29, 0.717) is 16.9 Å². The molecule has 0 bridgehead atoms. The third-order valence-corrected chi connectivity index (χ3v) is 4.97. The van der Waals surface area contributed by atoms with Crippen molar-refractivity contribution >= 4 is 11.6 Å². The van der Waals surface area contributed by atoms with Crippen LogP contribution >= 0.6 is 0 Å². The van der Waals surface area contributed by atoms with Crippen LogP contribution in [0.3, 0.4) is 0 Å². The number of aromatic nitrogens is 2. The lowest BCUT2D eigenvalue weighted by atomic mass is 9.86. The van der Waals surface area contributed by atoms with E-state index >= 15 is 0 Å². The minimum Gasteiger partial charge on any atom is -0.319 e. The predicted molar refractivity (Wildman–Crippen MR) is 88.4 cm³/mol. The molecule has 1 aliphatic carbocycles. The molecule has 23 heavy (non-hydrogen) atoms. The van der Waals surface area contributed by atoms with E-state index in [2.05, 4.69) is 24.3 Å². The predicted octanol–water partition coefficient (Wildman–Crippen LogP) is 3.65. The monoisotopic (exact) mass is 315 g/mol. The summed E-state index contributed by atoms with van der Waals surface area (Å²) in [5.41, 5.74) is 4.31. The van der Waals surface area contributed by atoms with Crippen molar-refractivity contribution in [1.82, 2.24) is 9.78 Å². The molecule has 1 aliphatic rings. The van der Waals surface area contributed by atoms with E-state index in [-0.39, 0.29) is 17.1 Å². The molecule has 0 atom stereocenters. The van der Waals surface area contributed by atoms with Gasteiger partial charge in [0.15, 0.2) is 0 Å². The lowest BCUT2D eigenvalue weighted by molar-refractivity contribution is 0.102. The van der Waals surface area contributed by atoms with Crippen molar-refractivity contribution in [3.63, 3.8) is 0 Å². The number of carbonyl (C=O) groups is 1. The van der Waals surface area contributed by atoms with Gasteiger partial charge in [-0.25, -0.2) is 4.39 Å². The molecule has 0 aliphatic heterocycles. The van der Waals surface area contributed by atoms with E-state index in [1.54, 1.807) is 18.7 Å². The van der Waals surface area contributed by atoms with Gasteiger partial charge in [-0.15, -0.1) is 0 Å².